The molecule has 3 rings (SSSR count). The summed E-state index contributed by atoms with van der Waals surface area (Å²) in [6.07, 6.45) is 6.39. The molecule has 2 atom stereocenters. The minimum Gasteiger partial charge on any atom is -0.372 e. The first kappa shape index (κ1) is 17.3. The molecule has 24 heavy (non-hydrogen) atoms. The highest BCUT2D eigenvalue weighted by Crippen LogP contribution is 2.22. The summed E-state index contributed by atoms with van der Waals surface area (Å²) in [6, 6.07) is 8.28. The first-order chi connectivity index (χ1) is 11.6. The van der Waals surface area contributed by atoms with Crippen molar-refractivity contribution in [2.75, 3.05) is 36.4 Å². The van der Waals surface area contributed by atoms with E-state index in [0.717, 1.165) is 31.9 Å². The number of carbonyl (C=O) groups excluding carboxylic acids is 1. The van der Waals surface area contributed by atoms with Crippen molar-refractivity contribution < 1.29 is 4.79 Å². The predicted octanol–water partition coefficient (Wildman–Crippen LogP) is 3.74. The maximum absolute atomic E-state index is 12.5. The van der Waals surface area contributed by atoms with Gasteiger partial charge in [0.15, 0.2) is 0 Å². The molecule has 1 aromatic carbocycles. The van der Waals surface area contributed by atoms with Crippen LogP contribution in [0.4, 0.5) is 11.4 Å². The number of rotatable bonds is 4. The van der Waals surface area contributed by atoms with Gasteiger partial charge in [-0.2, -0.15) is 0 Å². The molecule has 0 radical (unpaired) electrons. The molecular weight excluding hydrogens is 298 g/mol. The first-order valence-corrected chi connectivity index (χ1v) is 9.53. The van der Waals surface area contributed by atoms with Crippen LogP contribution in [0.3, 0.4) is 0 Å². The predicted molar refractivity (Wildman–Crippen MR) is 101 cm³/mol. The summed E-state index contributed by atoms with van der Waals surface area (Å²) in [5, 5.41) is 3.08. The average Bonchev–Trinajstić information content (AvgIpc) is 2.62. The number of carbonyl (C=O) groups is 1. The highest BCUT2D eigenvalue weighted by molar-refractivity contribution is 5.94. The highest BCUT2D eigenvalue weighted by Gasteiger charge is 2.25. The van der Waals surface area contributed by atoms with E-state index in [2.05, 4.69) is 34.2 Å². The molecule has 2 saturated heterocycles. The van der Waals surface area contributed by atoms with Crippen LogP contribution in [0, 0.1) is 5.92 Å². The molecule has 2 heterocycles. The van der Waals surface area contributed by atoms with Crippen LogP contribution in [0.5, 0.6) is 0 Å². The molecule has 0 aromatic heterocycles. The van der Waals surface area contributed by atoms with Crippen LogP contribution >= 0.6 is 0 Å². The van der Waals surface area contributed by atoms with E-state index in [9.17, 15) is 4.79 Å². The van der Waals surface area contributed by atoms with Gasteiger partial charge in [0.1, 0.15) is 0 Å². The zero-order valence-electron chi connectivity index (χ0n) is 15.1. The molecule has 0 spiro atoms. The van der Waals surface area contributed by atoms with Crippen LogP contribution < -0.4 is 10.2 Å². The van der Waals surface area contributed by atoms with Gasteiger partial charge in [0.05, 0.1) is 6.04 Å². The first-order valence-electron chi connectivity index (χ1n) is 9.53. The number of anilines is 2. The van der Waals surface area contributed by atoms with Crippen molar-refractivity contribution in [2.45, 2.75) is 52.0 Å². The van der Waals surface area contributed by atoms with Crippen molar-refractivity contribution in [3.63, 3.8) is 0 Å². The topological polar surface area (TPSA) is 35.6 Å². The molecule has 1 amide bonds. The van der Waals surface area contributed by atoms with Gasteiger partial charge in [-0.25, -0.2) is 0 Å². The summed E-state index contributed by atoms with van der Waals surface area (Å²) in [4.78, 5) is 17.3. The molecule has 0 saturated carbocycles. The van der Waals surface area contributed by atoms with Crippen LogP contribution in [0.2, 0.25) is 0 Å². The molecule has 0 aliphatic carbocycles. The minimum absolute atomic E-state index is 0.0606. The van der Waals surface area contributed by atoms with E-state index in [4.69, 9.17) is 0 Å². The quantitative estimate of drug-likeness (QED) is 0.914. The summed E-state index contributed by atoms with van der Waals surface area (Å²) in [5.74, 6) is 0.799. The Hall–Kier alpha value is -1.55. The van der Waals surface area contributed by atoms with Crippen molar-refractivity contribution in [2.24, 2.45) is 5.92 Å². The molecule has 4 heteroatoms. The van der Waals surface area contributed by atoms with Gasteiger partial charge in [-0.1, -0.05) is 6.92 Å². The lowest BCUT2D eigenvalue weighted by Crippen LogP contribution is -2.46. The van der Waals surface area contributed by atoms with Gasteiger partial charge >= 0.3 is 0 Å². The minimum atomic E-state index is -0.0606. The van der Waals surface area contributed by atoms with Gasteiger partial charge in [-0.05, 0) is 75.8 Å². The summed E-state index contributed by atoms with van der Waals surface area (Å²) < 4.78 is 0. The fraction of sp³-hybridized carbons (Fsp3) is 0.650. The number of nitrogens with zero attached hydrogens (tertiary/aromatic N) is 2. The van der Waals surface area contributed by atoms with Crippen LogP contribution in [0.1, 0.15) is 46.0 Å². The van der Waals surface area contributed by atoms with E-state index in [1.807, 2.05) is 19.1 Å². The molecule has 0 bridgehead atoms. The molecule has 132 valence electrons. The van der Waals surface area contributed by atoms with E-state index in [1.165, 1.54) is 37.8 Å². The number of hydrogen-bond donors (Lipinski definition) is 1. The van der Waals surface area contributed by atoms with Gasteiger partial charge in [-0.15, -0.1) is 0 Å². The van der Waals surface area contributed by atoms with Crippen LogP contribution in [0.15, 0.2) is 24.3 Å². The van der Waals surface area contributed by atoms with E-state index in [1.54, 1.807) is 0 Å². The fourth-order valence-corrected chi connectivity index (χ4v) is 3.90. The van der Waals surface area contributed by atoms with Crippen LogP contribution in [-0.2, 0) is 4.79 Å². The summed E-state index contributed by atoms with van der Waals surface area (Å²) >= 11 is 0. The Bertz CT molecular complexity index is 536. The summed E-state index contributed by atoms with van der Waals surface area (Å²) in [6.45, 7) is 8.66. The number of nitrogens with one attached hydrogen (secondary N) is 1. The Morgan fingerprint density at radius 3 is 2.46 bits per heavy atom. The second-order valence-corrected chi connectivity index (χ2v) is 7.50. The normalized spacial score (nSPS) is 23.8. The molecule has 2 aliphatic rings. The van der Waals surface area contributed by atoms with E-state index >= 15 is 0 Å². The molecular formula is C20H31N3O. The molecule has 0 unspecified atom stereocenters. The van der Waals surface area contributed by atoms with Crippen molar-refractivity contribution >= 4 is 17.3 Å². The Balaban J connectivity index is 1.55. The third kappa shape index (κ3) is 4.29. The lowest BCUT2D eigenvalue weighted by atomic mass is 9.99. The highest BCUT2D eigenvalue weighted by atomic mass is 16.2. The Kier molecular flexibility index (Phi) is 5.77. The average molecular weight is 329 g/mol. The number of likely N-dealkylation sites (tertiary alicyclic amines) is 1. The van der Waals surface area contributed by atoms with Gasteiger partial charge in [0.2, 0.25) is 5.91 Å². The Morgan fingerprint density at radius 2 is 1.79 bits per heavy atom. The third-order valence-corrected chi connectivity index (χ3v) is 5.47. The lowest BCUT2D eigenvalue weighted by Gasteiger charge is -2.34. The Labute approximate surface area is 146 Å². The smallest absolute Gasteiger partial charge is 0.241 e. The lowest BCUT2D eigenvalue weighted by molar-refractivity contribution is -0.121. The Morgan fingerprint density at radius 1 is 1.08 bits per heavy atom. The van der Waals surface area contributed by atoms with E-state index in [-0.39, 0.29) is 11.9 Å². The zero-order chi connectivity index (χ0) is 16.9. The number of benzene rings is 1. The SMILES string of the molecule is C[C@H]1CCCN([C@H](C)C(=O)Nc2ccc(N3CCCCC3)cc2)C1. The van der Waals surface area contributed by atoms with Crippen LogP contribution in [-0.4, -0.2) is 43.0 Å². The second kappa shape index (κ2) is 8.02. The third-order valence-electron chi connectivity index (χ3n) is 5.47. The van der Waals surface area contributed by atoms with E-state index in [0.29, 0.717) is 5.92 Å². The zero-order valence-corrected chi connectivity index (χ0v) is 15.1. The van der Waals surface area contributed by atoms with Gasteiger partial charge in [-0.3, -0.25) is 9.69 Å². The van der Waals surface area contributed by atoms with Crippen molar-refractivity contribution in [1.82, 2.24) is 4.90 Å². The van der Waals surface area contributed by atoms with Gasteiger partial charge in [0.25, 0.3) is 0 Å². The number of hydrogen-bond acceptors (Lipinski definition) is 3. The van der Waals surface area contributed by atoms with Crippen LogP contribution in [0.25, 0.3) is 0 Å². The van der Waals surface area contributed by atoms with E-state index < -0.39 is 0 Å². The van der Waals surface area contributed by atoms with Crippen molar-refractivity contribution in [3.8, 4) is 0 Å². The summed E-state index contributed by atoms with van der Waals surface area (Å²) in [5.41, 5.74) is 2.17. The van der Waals surface area contributed by atoms with Crippen molar-refractivity contribution in [1.29, 1.82) is 0 Å². The largest absolute Gasteiger partial charge is 0.372 e. The molecule has 2 fully saturated rings. The maximum atomic E-state index is 12.5. The molecule has 1 aromatic rings. The fourth-order valence-electron chi connectivity index (χ4n) is 3.90. The van der Waals surface area contributed by atoms with Gasteiger partial charge < -0.3 is 10.2 Å². The second-order valence-electron chi connectivity index (χ2n) is 7.50. The number of piperidine rings is 2. The molecule has 4 nitrogen and oxygen atoms in total. The number of amides is 1. The van der Waals surface area contributed by atoms with Gasteiger partial charge in [0, 0.05) is 31.0 Å². The summed E-state index contributed by atoms with van der Waals surface area (Å²) in [7, 11) is 0. The monoisotopic (exact) mass is 329 g/mol. The van der Waals surface area contributed by atoms with Crippen molar-refractivity contribution in [3.05, 3.63) is 24.3 Å². The standard InChI is InChI=1S/C20H31N3O/c1-16-7-6-14-23(15-16)17(2)20(24)21-18-8-10-19(11-9-18)22-12-4-3-5-13-22/h8-11,16-17H,3-7,12-15H2,1-2H3,(H,21,24)/t16-,17+/m0/s1. The molecule has 2 aliphatic heterocycles. The molecule has 1 N–H and O–H groups in total. The maximum Gasteiger partial charge on any atom is 0.241 e.